The minimum absolute atomic E-state index is 0. The number of likely N-dealkylation sites (tertiary alicyclic amines) is 1. The number of hydrogen-bond acceptors (Lipinski definition) is 2. The van der Waals surface area contributed by atoms with E-state index < -0.39 is 0 Å². The van der Waals surface area contributed by atoms with Crippen molar-refractivity contribution in [3.05, 3.63) is 0 Å². The van der Waals surface area contributed by atoms with Crippen molar-refractivity contribution in [2.24, 2.45) is 16.1 Å². The van der Waals surface area contributed by atoms with Crippen LogP contribution >= 0.6 is 24.0 Å². The SMILES string of the molecule is CCOCCC1(CN=C(N)N2CCCCCC2)CCC1.I. The van der Waals surface area contributed by atoms with E-state index in [4.69, 9.17) is 15.5 Å². The third-order valence-electron chi connectivity index (χ3n) is 4.90. The van der Waals surface area contributed by atoms with Gasteiger partial charge in [-0.1, -0.05) is 19.3 Å². The fourth-order valence-electron chi connectivity index (χ4n) is 3.25. The van der Waals surface area contributed by atoms with Gasteiger partial charge in [0, 0.05) is 32.8 Å². The Morgan fingerprint density at radius 1 is 1.14 bits per heavy atom. The van der Waals surface area contributed by atoms with Crippen LogP contribution in [0.2, 0.25) is 0 Å². The van der Waals surface area contributed by atoms with Crippen molar-refractivity contribution >= 4 is 29.9 Å². The second kappa shape index (κ2) is 9.87. The Kier molecular flexibility index (Phi) is 8.94. The highest BCUT2D eigenvalue weighted by molar-refractivity contribution is 14.0. The van der Waals surface area contributed by atoms with Crippen LogP contribution in [0.25, 0.3) is 0 Å². The fraction of sp³-hybridized carbons (Fsp3) is 0.938. The maximum atomic E-state index is 6.20. The topological polar surface area (TPSA) is 50.9 Å². The van der Waals surface area contributed by atoms with Crippen LogP contribution in [-0.2, 0) is 4.74 Å². The van der Waals surface area contributed by atoms with E-state index in [2.05, 4.69) is 11.8 Å². The third-order valence-corrected chi connectivity index (χ3v) is 4.90. The van der Waals surface area contributed by atoms with Gasteiger partial charge in [0.05, 0.1) is 0 Å². The van der Waals surface area contributed by atoms with Crippen molar-refractivity contribution in [1.29, 1.82) is 0 Å². The largest absolute Gasteiger partial charge is 0.382 e. The molecule has 2 aliphatic rings. The number of ether oxygens (including phenoxy) is 1. The van der Waals surface area contributed by atoms with E-state index in [-0.39, 0.29) is 24.0 Å². The zero-order valence-corrected chi connectivity index (χ0v) is 15.8. The van der Waals surface area contributed by atoms with Gasteiger partial charge in [0.2, 0.25) is 0 Å². The fourth-order valence-corrected chi connectivity index (χ4v) is 3.25. The highest BCUT2D eigenvalue weighted by atomic mass is 127. The molecule has 0 aromatic carbocycles. The zero-order valence-electron chi connectivity index (χ0n) is 13.5. The first-order valence-electron chi connectivity index (χ1n) is 8.38. The summed E-state index contributed by atoms with van der Waals surface area (Å²) in [5.41, 5.74) is 6.58. The minimum atomic E-state index is 0. The summed E-state index contributed by atoms with van der Waals surface area (Å²) in [4.78, 5) is 7.01. The first kappa shape index (κ1) is 19.0. The maximum Gasteiger partial charge on any atom is 0.191 e. The highest BCUT2D eigenvalue weighted by Crippen LogP contribution is 2.44. The average molecular weight is 409 g/mol. The molecule has 0 amide bonds. The molecule has 0 aromatic heterocycles. The smallest absolute Gasteiger partial charge is 0.191 e. The van der Waals surface area contributed by atoms with Gasteiger partial charge >= 0.3 is 0 Å². The van der Waals surface area contributed by atoms with Crippen LogP contribution in [-0.4, -0.2) is 43.7 Å². The summed E-state index contributed by atoms with van der Waals surface area (Å²) in [6.45, 7) is 6.80. The molecule has 2 rings (SSSR count). The molecule has 124 valence electrons. The molecule has 21 heavy (non-hydrogen) atoms. The molecule has 1 aliphatic heterocycles. The van der Waals surface area contributed by atoms with E-state index in [1.54, 1.807) is 0 Å². The van der Waals surface area contributed by atoms with E-state index in [1.165, 1.54) is 44.9 Å². The van der Waals surface area contributed by atoms with E-state index in [9.17, 15) is 0 Å². The molecule has 5 heteroatoms. The van der Waals surface area contributed by atoms with Gasteiger partial charge in [0.15, 0.2) is 5.96 Å². The number of guanidine groups is 1. The summed E-state index contributed by atoms with van der Waals surface area (Å²) >= 11 is 0. The van der Waals surface area contributed by atoms with Gasteiger partial charge in [-0.05, 0) is 44.4 Å². The molecule has 1 aliphatic carbocycles. The van der Waals surface area contributed by atoms with Gasteiger partial charge in [-0.3, -0.25) is 4.99 Å². The molecule has 2 fully saturated rings. The quantitative estimate of drug-likeness (QED) is 0.317. The number of rotatable bonds is 6. The van der Waals surface area contributed by atoms with Crippen molar-refractivity contribution in [3.8, 4) is 0 Å². The molecule has 0 bridgehead atoms. The summed E-state index contributed by atoms with van der Waals surface area (Å²) in [5.74, 6) is 0.773. The molecule has 0 unspecified atom stereocenters. The molecule has 0 atom stereocenters. The number of nitrogens with zero attached hydrogens (tertiary/aromatic N) is 2. The van der Waals surface area contributed by atoms with Crippen LogP contribution in [0.4, 0.5) is 0 Å². The summed E-state index contributed by atoms with van der Waals surface area (Å²) in [6, 6.07) is 0. The van der Waals surface area contributed by atoms with E-state index in [0.717, 1.165) is 45.2 Å². The lowest BCUT2D eigenvalue weighted by Crippen LogP contribution is -2.40. The predicted molar refractivity (Wildman–Crippen MR) is 99.3 cm³/mol. The van der Waals surface area contributed by atoms with Gasteiger partial charge in [-0.2, -0.15) is 0 Å². The van der Waals surface area contributed by atoms with E-state index >= 15 is 0 Å². The van der Waals surface area contributed by atoms with Crippen molar-refractivity contribution in [3.63, 3.8) is 0 Å². The van der Waals surface area contributed by atoms with Crippen LogP contribution in [0.15, 0.2) is 4.99 Å². The molecule has 1 saturated carbocycles. The van der Waals surface area contributed by atoms with Crippen LogP contribution in [0, 0.1) is 5.41 Å². The van der Waals surface area contributed by atoms with E-state index in [0.29, 0.717) is 5.41 Å². The Balaban J connectivity index is 0.00000220. The van der Waals surface area contributed by atoms with Crippen molar-refractivity contribution in [2.45, 2.75) is 58.3 Å². The number of hydrogen-bond donors (Lipinski definition) is 1. The molecule has 1 heterocycles. The molecule has 2 N–H and O–H groups in total. The lowest BCUT2D eigenvalue weighted by atomic mass is 9.67. The van der Waals surface area contributed by atoms with E-state index in [1.807, 2.05) is 0 Å². The number of halogens is 1. The Bertz CT molecular complexity index is 311. The first-order chi connectivity index (χ1) is 9.76. The maximum absolute atomic E-state index is 6.20. The monoisotopic (exact) mass is 409 g/mol. The van der Waals surface area contributed by atoms with Crippen LogP contribution in [0.5, 0.6) is 0 Å². The van der Waals surface area contributed by atoms with Gasteiger partial charge in [0.1, 0.15) is 0 Å². The average Bonchev–Trinajstić information content (AvgIpc) is 2.69. The van der Waals surface area contributed by atoms with Crippen molar-refractivity contribution in [2.75, 3.05) is 32.8 Å². The van der Waals surface area contributed by atoms with Gasteiger partial charge < -0.3 is 15.4 Å². The first-order valence-corrected chi connectivity index (χ1v) is 8.38. The lowest BCUT2D eigenvalue weighted by Gasteiger charge is -2.41. The van der Waals surface area contributed by atoms with Crippen molar-refractivity contribution < 1.29 is 4.74 Å². The van der Waals surface area contributed by atoms with Crippen molar-refractivity contribution in [1.82, 2.24) is 4.90 Å². The summed E-state index contributed by atoms with van der Waals surface area (Å²) in [6.07, 6.45) is 10.2. The second-order valence-corrected chi connectivity index (χ2v) is 6.38. The van der Waals surface area contributed by atoms with Crippen LogP contribution in [0.3, 0.4) is 0 Å². The molecule has 0 radical (unpaired) electrons. The second-order valence-electron chi connectivity index (χ2n) is 6.38. The molecule has 0 aromatic rings. The van der Waals surface area contributed by atoms with Crippen LogP contribution < -0.4 is 5.73 Å². The predicted octanol–water partition coefficient (Wildman–Crippen LogP) is 3.39. The number of nitrogens with two attached hydrogens (primary N) is 1. The minimum Gasteiger partial charge on any atom is -0.382 e. The third kappa shape index (κ3) is 5.93. The Hall–Kier alpha value is -0.0400. The Labute approximate surface area is 146 Å². The lowest BCUT2D eigenvalue weighted by molar-refractivity contribution is 0.0608. The molecule has 0 spiro atoms. The molecular weight excluding hydrogens is 377 g/mol. The number of aliphatic imine (C=N–C) groups is 1. The zero-order chi connectivity index (χ0) is 14.3. The molecule has 1 saturated heterocycles. The summed E-state index contributed by atoms with van der Waals surface area (Å²) in [7, 11) is 0. The van der Waals surface area contributed by atoms with Gasteiger partial charge in [-0.25, -0.2) is 0 Å². The van der Waals surface area contributed by atoms with Gasteiger partial charge in [-0.15, -0.1) is 24.0 Å². The normalized spacial score (nSPS) is 22.1. The Morgan fingerprint density at radius 3 is 2.33 bits per heavy atom. The summed E-state index contributed by atoms with van der Waals surface area (Å²) < 4.78 is 5.51. The van der Waals surface area contributed by atoms with Crippen LogP contribution in [0.1, 0.15) is 58.3 Å². The molecule has 4 nitrogen and oxygen atoms in total. The Morgan fingerprint density at radius 2 is 1.81 bits per heavy atom. The summed E-state index contributed by atoms with van der Waals surface area (Å²) in [5, 5.41) is 0. The highest BCUT2D eigenvalue weighted by Gasteiger charge is 2.36. The standard InChI is InChI=1S/C16H31N3O.HI/c1-2-20-13-10-16(8-7-9-16)14-18-15(17)19-11-5-3-4-6-12-19;/h2-14H2,1H3,(H2,17,18);1H. The van der Waals surface area contributed by atoms with Gasteiger partial charge in [0.25, 0.3) is 0 Å². The molecular formula is C16H32IN3O.